The lowest BCUT2D eigenvalue weighted by molar-refractivity contribution is -0.121. The largest absolute Gasteiger partial charge is 0.493 e. The third-order valence-electron chi connectivity index (χ3n) is 4.42. The van der Waals surface area contributed by atoms with Gasteiger partial charge in [0, 0.05) is 30.2 Å². The normalized spacial score (nSPS) is 16.7. The second-order valence-electron chi connectivity index (χ2n) is 6.11. The first-order chi connectivity index (χ1) is 13.0. The molecule has 1 saturated heterocycles. The number of carbonyl (C=O) groups excluding carboxylic acids is 2. The molecule has 7 nitrogen and oxygen atoms in total. The molecule has 27 heavy (non-hydrogen) atoms. The number of hydrogen-bond acceptors (Lipinski definition) is 6. The Hall–Kier alpha value is -2.32. The van der Waals surface area contributed by atoms with Gasteiger partial charge >= 0.3 is 0 Å². The van der Waals surface area contributed by atoms with Crippen LogP contribution in [-0.2, 0) is 4.79 Å². The third-order valence-corrected chi connectivity index (χ3v) is 5.39. The monoisotopic (exact) mass is 409 g/mol. The van der Waals surface area contributed by atoms with Crippen LogP contribution in [0.1, 0.15) is 23.2 Å². The highest BCUT2D eigenvalue weighted by molar-refractivity contribution is 7.13. The highest BCUT2D eigenvalue weighted by Crippen LogP contribution is 2.36. The number of ether oxygens (including phenoxy) is 2. The number of hydrogen-bond donors (Lipinski definition) is 1. The zero-order valence-corrected chi connectivity index (χ0v) is 16.6. The van der Waals surface area contributed by atoms with Gasteiger partial charge in [-0.05, 0) is 25.0 Å². The summed E-state index contributed by atoms with van der Waals surface area (Å²) in [7, 11) is 2.98. The van der Waals surface area contributed by atoms with E-state index in [4.69, 9.17) is 21.1 Å². The molecule has 9 heteroatoms. The third kappa shape index (κ3) is 4.33. The van der Waals surface area contributed by atoms with Gasteiger partial charge < -0.3 is 19.7 Å². The lowest BCUT2D eigenvalue weighted by atomic mass is 9.96. The van der Waals surface area contributed by atoms with Gasteiger partial charge in [0.1, 0.15) is 0 Å². The van der Waals surface area contributed by atoms with Crippen LogP contribution in [0.4, 0.5) is 5.13 Å². The molecule has 144 valence electrons. The number of piperidine rings is 1. The Morgan fingerprint density at radius 2 is 2.15 bits per heavy atom. The maximum atomic E-state index is 12.9. The molecule has 0 saturated carbocycles. The Morgan fingerprint density at radius 1 is 1.33 bits per heavy atom. The molecule has 0 aliphatic carbocycles. The van der Waals surface area contributed by atoms with Crippen LogP contribution in [0.2, 0.25) is 5.02 Å². The summed E-state index contributed by atoms with van der Waals surface area (Å²) in [4.78, 5) is 31.1. The number of rotatable bonds is 5. The van der Waals surface area contributed by atoms with Gasteiger partial charge in [-0.15, -0.1) is 11.3 Å². The van der Waals surface area contributed by atoms with Crippen molar-refractivity contribution in [3.63, 3.8) is 0 Å². The van der Waals surface area contributed by atoms with Gasteiger partial charge in [0.2, 0.25) is 5.91 Å². The average molecular weight is 410 g/mol. The summed E-state index contributed by atoms with van der Waals surface area (Å²) in [5.41, 5.74) is 0.402. The second-order valence-corrected chi connectivity index (χ2v) is 7.41. The van der Waals surface area contributed by atoms with Crippen molar-refractivity contribution in [2.45, 2.75) is 12.8 Å². The van der Waals surface area contributed by atoms with Crippen LogP contribution in [0.5, 0.6) is 11.5 Å². The Labute approximate surface area is 166 Å². The van der Waals surface area contributed by atoms with E-state index in [0.29, 0.717) is 40.3 Å². The first-order valence-corrected chi connectivity index (χ1v) is 9.70. The van der Waals surface area contributed by atoms with Crippen molar-refractivity contribution < 1.29 is 19.1 Å². The highest BCUT2D eigenvalue weighted by atomic mass is 35.5. The maximum absolute atomic E-state index is 12.9. The molecule has 2 amide bonds. The molecule has 1 fully saturated rings. The van der Waals surface area contributed by atoms with E-state index < -0.39 is 0 Å². The van der Waals surface area contributed by atoms with E-state index in [-0.39, 0.29) is 17.7 Å². The molecule has 1 aliphatic heterocycles. The van der Waals surface area contributed by atoms with Crippen molar-refractivity contribution in [1.29, 1.82) is 0 Å². The molecule has 1 aromatic heterocycles. The van der Waals surface area contributed by atoms with Gasteiger partial charge in [0.05, 0.1) is 25.2 Å². The summed E-state index contributed by atoms with van der Waals surface area (Å²) in [5.74, 6) is 0.193. The number of amides is 2. The molecule has 1 atom stereocenters. The first-order valence-electron chi connectivity index (χ1n) is 8.44. The molecule has 1 N–H and O–H groups in total. The van der Waals surface area contributed by atoms with E-state index in [1.807, 2.05) is 0 Å². The number of likely N-dealkylation sites (tertiary alicyclic amines) is 1. The summed E-state index contributed by atoms with van der Waals surface area (Å²) in [6.07, 6.45) is 3.12. The Morgan fingerprint density at radius 3 is 2.81 bits per heavy atom. The van der Waals surface area contributed by atoms with Crippen LogP contribution >= 0.6 is 22.9 Å². The zero-order chi connectivity index (χ0) is 19.4. The van der Waals surface area contributed by atoms with E-state index in [9.17, 15) is 9.59 Å². The van der Waals surface area contributed by atoms with Crippen LogP contribution in [0.15, 0.2) is 23.7 Å². The average Bonchev–Trinajstić information content (AvgIpc) is 3.19. The topological polar surface area (TPSA) is 80.8 Å². The summed E-state index contributed by atoms with van der Waals surface area (Å²) in [6, 6.07) is 3.16. The molecular weight excluding hydrogens is 390 g/mol. The van der Waals surface area contributed by atoms with Crippen molar-refractivity contribution in [1.82, 2.24) is 9.88 Å². The number of carbonyl (C=O) groups is 2. The number of anilines is 1. The Kier molecular flexibility index (Phi) is 6.18. The smallest absolute Gasteiger partial charge is 0.254 e. The number of nitrogens with zero attached hydrogens (tertiary/aromatic N) is 2. The Bertz CT molecular complexity index is 828. The SMILES string of the molecule is COc1cc(C(=O)N2CCCC(C(=O)Nc3nccs3)C2)cc(Cl)c1OC. The predicted molar refractivity (Wildman–Crippen MR) is 104 cm³/mol. The van der Waals surface area contributed by atoms with E-state index >= 15 is 0 Å². The number of methoxy groups -OCH3 is 2. The summed E-state index contributed by atoms with van der Waals surface area (Å²) >= 11 is 7.57. The molecule has 0 spiro atoms. The van der Waals surface area contributed by atoms with Crippen LogP contribution in [0.3, 0.4) is 0 Å². The molecule has 2 heterocycles. The predicted octanol–water partition coefficient (Wildman–Crippen LogP) is 3.30. The number of halogens is 1. The van der Waals surface area contributed by atoms with Crippen molar-refractivity contribution >= 4 is 39.9 Å². The summed E-state index contributed by atoms with van der Waals surface area (Å²) in [5, 5.41) is 5.47. The van der Waals surface area contributed by atoms with E-state index in [2.05, 4.69) is 10.3 Å². The fourth-order valence-corrected chi connectivity index (χ4v) is 3.91. The molecule has 2 aromatic rings. The first kappa shape index (κ1) is 19.4. The van der Waals surface area contributed by atoms with Crippen molar-refractivity contribution in [3.8, 4) is 11.5 Å². The maximum Gasteiger partial charge on any atom is 0.254 e. The standard InChI is InChI=1S/C18H20ClN3O4S/c1-25-14-9-12(8-13(19)15(14)26-2)17(24)22-6-3-4-11(10-22)16(23)21-18-20-5-7-27-18/h5,7-9,11H,3-4,6,10H2,1-2H3,(H,20,21,23). The van der Waals surface area contributed by atoms with Crippen LogP contribution in [-0.4, -0.2) is 49.0 Å². The number of nitrogens with one attached hydrogen (secondary N) is 1. The van der Waals surface area contributed by atoms with Crippen molar-refractivity contribution in [3.05, 3.63) is 34.3 Å². The number of thiazole rings is 1. The van der Waals surface area contributed by atoms with Gasteiger partial charge in [-0.2, -0.15) is 0 Å². The lowest BCUT2D eigenvalue weighted by Gasteiger charge is -2.32. The van der Waals surface area contributed by atoms with Crippen LogP contribution in [0, 0.1) is 5.92 Å². The lowest BCUT2D eigenvalue weighted by Crippen LogP contribution is -2.43. The van der Waals surface area contributed by atoms with E-state index in [1.165, 1.54) is 25.6 Å². The van der Waals surface area contributed by atoms with Gasteiger partial charge in [-0.1, -0.05) is 11.6 Å². The Balaban J connectivity index is 1.73. The van der Waals surface area contributed by atoms with Gasteiger partial charge in [0.25, 0.3) is 5.91 Å². The van der Waals surface area contributed by atoms with Gasteiger partial charge in [-0.25, -0.2) is 4.98 Å². The van der Waals surface area contributed by atoms with Crippen molar-refractivity contribution in [2.75, 3.05) is 32.6 Å². The fourth-order valence-electron chi connectivity index (χ4n) is 3.09. The minimum atomic E-state index is -0.276. The molecule has 1 unspecified atom stereocenters. The molecule has 0 bridgehead atoms. The summed E-state index contributed by atoms with van der Waals surface area (Å²) in [6.45, 7) is 0.938. The van der Waals surface area contributed by atoms with Gasteiger partial charge in [-0.3, -0.25) is 9.59 Å². The highest BCUT2D eigenvalue weighted by Gasteiger charge is 2.30. The fraction of sp³-hybridized carbons (Fsp3) is 0.389. The van der Waals surface area contributed by atoms with E-state index in [1.54, 1.807) is 28.6 Å². The van der Waals surface area contributed by atoms with Crippen molar-refractivity contribution in [2.24, 2.45) is 5.92 Å². The minimum absolute atomic E-state index is 0.118. The number of benzene rings is 1. The van der Waals surface area contributed by atoms with E-state index in [0.717, 1.165) is 12.8 Å². The quantitative estimate of drug-likeness (QED) is 0.819. The second kappa shape index (κ2) is 8.58. The molecule has 1 aliphatic rings. The van der Waals surface area contributed by atoms with Crippen LogP contribution in [0.25, 0.3) is 0 Å². The molecule has 1 aromatic carbocycles. The zero-order valence-electron chi connectivity index (χ0n) is 15.0. The molecule has 0 radical (unpaired) electrons. The summed E-state index contributed by atoms with van der Waals surface area (Å²) < 4.78 is 10.5. The van der Waals surface area contributed by atoms with Gasteiger partial charge in [0.15, 0.2) is 16.6 Å². The molecule has 3 rings (SSSR count). The number of aromatic nitrogens is 1. The minimum Gasteiger partial charge on any atom is -0.493 e. The van der Waals surface area contributed by atoms with Crippen LogP contribution < -0.4 is 14.8 Å². The molecular formula is C18H20ClN3O4S.